The van der Waals surface area contributed by atoms with Crippen LogP contribution in [0.4, 0.5) is 14.5 Å². The summed E-state index contributed by atoms with van der Waals surface area (Å²) >= 11 is 0. The summed E-state index contributed by atoms with van der Waals surface area (Å²) in [4.78, 5) is 0. The van der Waals surface area contributed by atoms with Gasteiger partial charge in [-0.1, -0.05) is 12.8 Å². The monoisotopic (exact) mass is 266 g/mol. The summed E-state index contributed by atoms with van der Waals surface area (Å²) in [6.45, 7) is -2.81. The standard InChI is InChI=1S/C14H16F2N2O/c15-14(16)19-12-7-5-11(6-8-12)18-13-4-2-1-3-10(13)9-17/h5-8,10,13-14,18H,1-4H2. The molecule has 1 aromatic carbocycles. The highest BCUT2D eigenvalue weighted by Crippen LogP contribution is 2.27. The van der Waals surface area contributed by atoms with Gasteiger partial charge < -0.3 is 10.1 Å². The van der Waals surface area contributed by atoms with Crippen molar-refractivity contribution in [2.75, 3.05) is 5.32 Å². The van der Waals surface area contributed by atoms with Crippen molar-refractivity contribution in [3.8, 4) is 11.8 Å². The lowest BCUT2D eigenvalue weighted by Crippen LogP contribution is -2.31. The fourth-order valence-corrected chi connectivity index (χ4v) is 2.40. The Morgan fingerprint density at radius 1 is 1.21 bits per heavy atom. The van der Waals surface area contributed by atoms with E-state index in [4.69, 9.17) is 5.26 Å². The van der Waals surface area contributed by atoms with E-state index in [1.807, 2.05) is 0 Å². The number of alkyl halides is 2. The molecular formula is C14H16F2N2O. The lowest BCUT2D eigenvalue weighted by atomic mass is 9.85. The molecule has 2 rings (SSSR count). The fourth-order valence-electron chi connectivity index (χ4n) is 2.40. The van der Waals surface area contributed by atoms with E-state index in [0.29, 0.717) is 0 Å². The molecule has 0 spiro atoms. The minimum absolute atomic E-state index is 0.0192. The van der Waals surface area contributed by atoms with Gasteiger partial charge in [0.05, 0.1) is 12.0 Å². The van der Waals surface area contributed by atoms with Crippen molar-refractivity contribution in [2.45, 2.75) is 38.3 Å². The van der Waals surface area contributed by atoms with Crippen LogP contribution in [0.5, 0.6) is 5.75 Å². The molecule has 0 bridgehead atoms. The van der Waals surface area contributed by atoms with Crippen molar-refractivity contribution in [3.05, 3.63) is 24.3 Å². The second-order valence-electron chi connectivity index (χ2n) is 4.67. The first-order chi connectivity index (χ1) is 9.19. The Kier molecular flexibility index (Phi) is 4.56. The van der Waals surface area contributed by atoms with E-state index >= 15 is 0 Å². The minimum atomic E-state index is -2.81. The highest BCUT2D eigenvalue weighted by Gasteiger charge is 2.24. The lowest BCUT2D eigenvalue weighted by Gasteiger charge is -2.28. The van der Waals surface area contributed by atoms with Crippen LogP contribution in [0.3, 0.4) is 0 Å². The summed E-state index contributed by atoms with van der Waals surface area (Å²) in [5.74, 6) is 0.159. The zero-order chi connectivity index (χ0) is 13.7. The number of nitrogens with zero attached hydrogens (tertiary/aromatic N) is 1. The number of hydrogen-bond donors (Lipinski definition) is 1. The number of nitriles is 1. The van der Waals surface area contributed by atoms with Crippen molar-refractivity contribution in [1.29, 1.82) is 5.26 Å². The molecule has 1 N–H and O–H groups in total. The molecule has 0 heterocycles. The first kappa shape index (κ1) is 13.6. The molecule has 5 heteroatoms. The summed E-state index contributed by atoms with van der Waals surface area (Å²) in [5, 5.41) is 12.4. The van der Waals surface area contributed by atoms with Crippen molar-refractivity contribution in [3.63, 3.8) is 0 Å². The van der Waals surface area contributed by atoms with Crippen LogP contribution in [0.25, 0.3) is 0 Å². The average Bonchev–Trinajstić information content (AvgIpc) is 2.41. The fraction of sp³-hybridized carbons (Fsp3) is 0.500. The quantitative estimate of drug-likeness (QED) is 0.902. The first-order valence-electron chi connectivity index (χ1n) is 6.40. The second-order valence-corrected chi connectivity index (χ2v) is 4.67. The highest BCUT2D eigenvalue weighted by atomic mass is 19.3. The molecule has 19 heavy (non-hydrogen) atoms. The number of halogens is 2. The molecule has 1 aliphatic rings. The van der Waals surface area contributed by atoms with Gasteiger partial charge in [-0.2, -0.15) is 14.0 Å². The maximum absolute atomic E-state index is 12.0. The third kappa shape index (κ3) is 3.82. The van der Waals surface area contributed by atoms with Crippen LogP contribution in [-0.4, -0.2) is 12.7 Å². The van der Waals surface area contributed by atoms with Crippen molar-refractivity contribution >= 4 is 5.69 Å². The molecule has 0 amide bonds. The highest BCUT2D eigenvalue weighted by molar-refractivity contribution is 5.47. The van der Waals surface area contributed by atoms with Gasteiger partial charge in [0.25, 0.3) is 0 Å². The largest absolute Gasteiger partial charge is 0.435 e. The number of hydrogen-bond acceptors (Lipinski definition) is 3. The SMILES string of the molecule is N#CC1CCCCC1Nc1ccc(OC(F)F)cc1. The van der Waals surface area contributed by atoms with Crippen LogP contribution in [-0.2, 0) is 0 Å². The number of rotatable bonds is 4. The summed E-state index contributed by atoms with van der Waals surface area (Å²) in [6, 6.07) is 8.85. The van der Waals surface area contributed by atoms with Crippen molar-refractivity contribution in [1.82, 2.24) is 0 Å². The van der Waals surface area contributed by atoms with Gasteiger partial charge in [-0.05, 0) is 37.1 Å². The van der Waals surface area contributed by atoms with E-state index in [9.17, 15) is 8.78 Å². The summed E-state index contributed by atoms with van der Waals surface area (Å²) in [5.41, 5.74) is 0.828. The maximum Gasteiger partial charge on any atom is 0.387 e. The van der Waals surface area contributed by atoms with E-state index in [1.165, 1.54) is 12.1 Å². The van der Waals surface area contributed by atoms with Gasteiger partial charge in [-0.15, -0.1) is 0 Å². The van der Waals surface area contributed by atoms with Gasteiger partial charge in [-0.25, -0.2) is 0 Å². The van der Waals surface area contributed by atoms with E-state index in [0.717, 1.165) is 31.4 Å². The van der Waals surface area contributed by atoms with E-state index in [2.05, 4.69) is 16.1 Å². The maximum atomic E-state index is 12.0. The Morgan fingerprint density at radius 2 is 1.89 bits per heavy atom. The lowest BCUT2D eigenvalue weighted by molar-refractivity contribution is -0.0498. The summed E-state index contributed by atoms with van der Waals surface area (Å²) < 4.78 is 28.3. The molecule has 1 aliphatic carbocycles. The molecule has 2 unspecified atom stereocenters. The molecule has 1 aromatic rings. The van der Waals surface area contributed by atoms with Gasteiger partial charge in [0.1, 0.15) is 5.75 Å². The van der Waals surface area contributed by atoms with Crippen LogP contribution < -0.4 is 10.1 Å². The normalized spacial score (nSPS) is 22.8. The van der Waals surface area contributed by atoms with Gasteiger partial charge in [-0.3, -0.25) is 0 Å². The number of anilines is 1. The van der Waals surface area contributed by atoms with Crippen LogP contribution in [0.1, 0.15) is 25.7 Å². The van der Waals surface area contributed by atoms with Crippen molar-refractivity contribution < 1.29 is 13.5 Å². The predicted molar refractivity (Wildman–Crippen MR) is 68.1 cm³/mol. The average molecular weight is 266 g/mol. The van der Waals surface area contributed by atoms with Crippen LogP contribution in [0, 0.1) is 17.2 Å². The van der Waals surface area contributed by atoms with Crippen LogP contribution in [0.15, 0.2) is 24.3 Å². The Hall–Kier alpha value is -1.83. The third-order valence-corrected chi connectivity index (χ3v) is 3.36. The molecule has 102 valence electrons. The number of nitrogens with one attached hydrogen (secondary N) is 1. The smallest absolute Gasteiger partial charge is 0.387 e. The zero-order valence-electron chi connectivity index (χ0n) is 10.5. The summed E-state index contributed by atoms with van der Waals surface area (Å²) in [6.07, 6.45) is 4.09. The van der Waals surface area contributed by atoms with Gasteiger partial charge in [0.15, 0.2) is 0 Å². The van der Waals surface area contributed by atoms with Crippen LogP contribution in [0.2, 0.25) is 0 Å². The molecule has 1 saturated carbocycles. The predicted octanol–water partition coefficient (Wildman–Crippen LogP) is 3.78. The molecule has 1 fully saturated rings. The second kappa shape index (κ2) is 6.37. The Balaban J connectivity index is 1.97. The topological polar surface area (TPSA) is 45.0 Å². The Morgan fingerprint density at radius 3 is 2.53 bits per heavy atom. The molecular weight excluding hydrogens is 250 g/mol. The number of benzene rings is 1. The van der Waals surface area contributed by atoms with Crippen LogP contribution >= 0.6 is 0 Å². The minimum Gasteiger partial charge on any atom is -0.435 e. The van der Waals surface area contributed by atoms with E-state index in [-0.39, 0.29) is 17.7 Å². The van der Waals surface area contributed by atoms with Gasteiger partial charge in [0.2, 0.25) is 0 Å². The zero-order valence-corrected chi connectivity index (χ0v) is 10.5. The Labute approximate surface area is 111 Å². The third-order valence-electron chi connectivity index (χ3n) is 3.36. The Bertz CT molecular complexity index is 442. The molecule has 0 saturated heterocycles. The van der Waals surface area contributed by atoms with E-state index < -0.39 is 6.61 Å². The molecule has 3 nitrogen and oxygen atoms in total. The van der Waals surface area contributed by atoms with Crippen molar-refractivity contribution in [2.24, 2.45) is 5.92 Å². The molecule has 0 aromatic heterocycles. The number of ether oxygens (including phenoxy) is 1. The summed E-state index contributed by atoms with van der Waals surface area (Å²) in [7, 11) is 0. The molecule has 0 aliphatic heterocycles. The van der Waals surface area contributed by atoms with Gasteiger partial charge >= 0.3 is 6.61 Å². The van der Waals surface area contributed by atoms with Gasteiger partial charge in [0, 0.05) is 11.7 Å². The first-order valence-corrected chi connectivity index (χ1v) is 6.40. The molecule has 2 atom stereocenters. The molecule has 0 radical (unpaired) electrons. The van der Waals surface area contributed by atoms with E-state index in [1.54, 1.807) is 12.1 Å².